The molecule has 2 aromatic rings. The molecule has 0 saturated carbocycles. The molecule has 27 heavy (non-hydrogen) atoms. The Kier molecular flexibility index (Phi) is 6.20. The molecule has 3 rings (SSSR count). The first-order valence-corrected chi connectivity index (χ1v) is 9.83. The van der Waals surface area contributed by atoms with E-state index < -0.39 is 4.92 Å². The Bertz CT molecular complexity index is 801. The Hall–Kier alpha value is -2.29. The minimum absolute atomic E-state index is 0.0639. The molecule has 2 heterocycles. The second-order valence-corrected chi connectivity index (χ2v) is 7.78. The molecule has 0 spiro atoms. The van der Waals surface area contributed by atoms with Crippen LogP contribution in [0.2, 0.25) is 0 Å². The summed E-state index contributed by atoms with van der Waals surface area (Å²) in [7, 11) is 2.12. The monoisotopic (exact) mass is 388 g/mol. The van der Waals surface area contributed by atoms with Crippen molar-refractivity contribution in [3.8, 4) is 0 Å². The van der Waals surface area contributed by atoms with Crippen LogP contribution in [0.4, 0.5) is 11.4 Å². The smallest absolute Gasteiger partial charge is 0.293 e. The fraction of sp³-hybridized carbons (Fsp3) is 0.421. The summed E-state index contributed by atoms with van der Waals surface area (Å²) in [6.07, 6.45) is 0. The molecule has 1 unspecified atom stereocenters. The van der Waals surface area contributed by atoms with Gasteiger partial charge in [0.05, 0.1) is 11.0 Å². The number of Topliss-reactive ketones (excluding diaryl/α,β-unsaturated/α-hetero) is 1. The summed E-state index contributed by atoms with van der Waals surface area (Å²) >= 11 is 1.70. The maximum atomic E-state index is 11.5. The van der Waals surface area contributed by atoms with Crippen LogP contribution in [0.5, 0.6) is 0 Å². The van der Waals surface area contributed by atoms with E-state index in [0.29, 0.717) is 17.8 Å². The van der Waals surface area contributed by atoms with E-state index in [1.54, 1.807) is 23.5 Å². The van der Waals surface area contributed by atoms with Crippen molar-refractivity contribution in [1.29, 1.82) is 0 Å². The topological polar surface area (TPSA) is 78.7 Å². The number of nitrogens with zero attached hydrogens (tertiary/aromatic N) is 3. The van der Waals surface area contributed by atoms with E-state index in [4.69, 9.17) is 0 Å². The number of anilines is 1. The number of likely N-dealkylation sites (N-methyl/N-ethyl adjacent to an activating group) is 1. The largest absolute Gasteiger partial charge is 0.378 e. The number of nitro benzene ring substituents is 1. The molecule has 1 saturated heterocycles. The van der Waals surface area contributed by atoms with Crippen molar-refractivity contribution >= 4 is 28.5 Å². The van der Waals surface area contributed by atoms with Crippen molar-refractivity contribution in [1.82, 2.24) is 9.80 Å². The molecule has 8 heteroatoms. The molecule has 0 aliphatic carbocycles. The van der Waals surface area contributed by atoms with Crippen LogP contribution in [0.1, 0.15) is 28.2 Å². The van der Waals surface area contributed by atoms with Crippen LogP contribution < -0.4 is 5.32 Å². The summed E-state index contributed by atoms with van der Waals surface area (Å²) in [6, 6.07) is 8.92. The zero-order valence-electron chi connectivity index (χ0n) is 15.6. The maximum Gasteiger partial charge on any atom is 0.293 e. The standard InChI is InChI=1S/C19H24N4O3S/c1-14(24)15-5-6-16(17(12-15)23(25)26)20-13-18(19-4-3-11-27-19)22-9-7-21(2)8-10-22/h3-6,11-12,18,20H,7-10,13H2,1-2H3. The lowest BCUT2D eigenvalue weighted by atomic mass is 10.1. The first kappa shape index (κ1) is 19.5. The molecule has 1 aromatic carbocycles. The first-order valence-electron chi connectivity index (χ1n) is 8.95. The molecule has 1 N–H and O–H groups in total. The van der Waals surface area contributed by atoms with Gasteiger partial charge in [0.2, 0.25) is 0 Å². The highest BCUT2D eigenvalue weighted by atomic mass is 32.1. The third kappa shape index (κ3) is 4.71. The average Bonchev–Trinajstić information content (AvgIpc) is 3.17. The van der Waals surface area contributed by atoms with E-state index in [2.05, 4.69) is 33.6 Å². The Morgan fingerprint density at radius 1 is 1.30 bits per heavy atom. The van der Waals surface area contributed by atoms with Crippen molar-refractivity contribution in [3.63, 3.8) is 0 Å². The number of hydrogen-bond acceptors (Lipinski definition) is 7. The van der Waals surface area contributed by atoms with Gasteiger partial charge in [-0.3, -0.25) is 19.8 Å². The molecule has 1 aromatic heterocycles. The van der Waals surface area contributed by atoms with Crippen molar-refractivity contribution < 1.29 is 9.72 Å². The molecule has 1 aliphatic heterocycles. The Balaban J connectivity index is 1.79. The summed E-state index contributed by atoms with van der Waals surface area (Å²) in [4.78, 5) is 28.5. The number of rotatable bonds is 7. The van der Waals surface area contributed by atoms with E-state index in [0.717, 1.165) is 26.2 Å². The number of piperazine rings is 1. The summed E-state index contributed by atoms with van der Waals surface area (Å²) < 4.78 is 0. The molecule has 1 atom stereocenters. The van der Waals surface area contributed by atoms with Gasteiger partial charge in [0.15, 0.2) is 5.78 Å². The lowest BCUT2D eigenvalue weighted by Crippen LogP contribution is -2.47. The third-order valence-electron chi connectivity index (χ3n) is 4.94. The van der Waals surface area contributed by atoms with E-state index in [1.807, 2.05) is 6.07 Å². The highest BCUT2D eigenvalue weighted by Gasteiger charge is 2.25. The van der Waals surface area contributed by atoms with Crippen molar-refractivity contribution in [2.24, 2.45) is 0 Å². The summed E-state index contributed by atoms with van der Waals surface area (Å²) in [5.41, 5.74) is 0.729. The first-order chi connectivity index (χ1) is 13.0. The van der Waals surface area contributed by atoms with Gasteiger partial charge in [0.25, 0.3) is 5.69 Å². The van der Waals surface area contributed by atoms with E-state index in [9.17, 15) is 14.9 Å². The van der Waals surface area contributed by atoms with Gasteiger partial charge in [-0.05, 0) is 37.6 Å². The van der Waals surface area contributed by atoms with Gasteiger partial charge in [-0.15, -0.1) is 11.3 Å². The Labute approximate surface area is 162 Å². The molecule has 0 bridgehead atoms. The molecule has 0 radical (unpaired) electrons. The SMILES string of the molecule is CC(=O)c1ccc(NCC(c2cccs2)N2CCN(C)CC2)c([N+](=O)[O-])c1. The molecular formula is C19H24N4O3S. The summed E-state index contributed by atoms with van der Waals surface area (Å²) in [6.45, 7) is 5.93. The summed E-state index contributed by atoms with van der Waals surface area (Å²) in [5, 5.41) is 16.8. The van der Waals surface area contributed by atoms with Crippen molar-refractivity contribution in [2.45, 2.75) is 13.0 Å². The maximum absolute atomic E-state index is 11.5. The molecular weight excluding hydrogens is 364 g/mol. The van der Waals surface area contributed by atoms with Crippen molar-refractivity contribution in [2.75, 3.05) is 45.1 Å². The number of thiophene rings is 1. The van der Waals surface area contributed by atoms with Gasteiger partial charge >= 0.3 is 0 Å². The van der Waals surface area contributed by atoms with Gasteiger partial charge in [0.1, 0.15) is 5.69 Å². The van der Waals surface area contributed by atoms with Crippen LogP contribution in [0, 0.1) is 10.1 Å². The average molecular weight is 388 g/mol. The van der Waals surface area contributed by atoms with Crippen LogP contribution in [0.15, 0.2) is 35.7 Å². The summed E-state index contributed by atoms with van der Waals surface area (Å²) in [5.74, 6) is -0.182. The van der Waals surface area contributed by atoms with Crippen LogP contribution in [0.3, 0.4) is 0 Å². The number of carbonyl (C=O) groups is 1. The number of hydrogen-bond donors (Lipinski definition) is 1. The third-order valence-corrected chi connectivity index (χ3v) is 5.91. The Morgan fingerprint density at radius 2 is 2.04 bits per heavy atom. The quantitative estimate of drug-likeness (QED) is 0.446. The second-order valence-electron chi connectivity index (χ2n) is 6.80. The predicted molar refractivity (Wildman–Crippen MR) is 108 cm³/mol. The van der Waals surface area contributed by atoms with Gasteiger partial charge in [-0.1, -0.05) is 6.07 Å². The van der Waals surface area contributed by atoms with Gasteiger partial charge in [-0.2, -0.15) is 0 Å². The number of carbonyl (C=O) groups excluding carboxylic acids is 1. The fourth-order valence-electron chi connectivity index (χ4n) is 3.28. The van der Waals surface area contributed by atoms with Crippen molar-refractivity contribution in [3.05, 3.63) is 56.3 Å². The lowest BCUT2D eigenvalue weighted by molar-refractivity contribution is -0.384. The fourth-order valence-corrected chi connectivity index (χ4v) is 4.14. The van der Waals surface area contributed by atoms with Crippen LogP contribution in [0.25, 0.3) is 0 Å². The molecule has 1 aliphatic rings. The number of nitrogens with one attached hydrogen (secondary N) is 1. The van der Waals surface area contributed by atoms with Gasteiger partial charge in [-0.25, -0.2) is 0 Å². The van der Waals surface area contributed by atoms with Crippen LogP contribution in [-0.2, 0) is 0 Å². The number of ketones is 1. The minimum Gasteiger partial charge on any atom is -0.378 e. The zero-order chi connectivity index (χ0) is 19.4. The minimum atomic E-state index is -0.440. The number of benzene rings is 1. The van der Waals surface area contributed by atoms with Gasteiger partial charge in [0, 0.05) is 49.2 Å². The molecule has 144 valence electrons. The zero-order valence-corrected chi connectivity index (χ0v) is 16.4. The lowest BCUT2D eigenvalue weighted by Gasteiger charge is -2.37. The van der Waals surface area contributed by atoms with Crippen LogP contribution >= 0.6 is 11.3 Å². The highest BCUT2D eigenvalue weighted by Crippen LogP contribution is 2.30. The van der Waals surface area contributed by atoms with E-state index >= 15 is 0 Å². The van der Waals surface area contributed by atoms with Crippen LogP contribution in [-0.4, -0.2) is 60.3 Å². The molecule has 0 amide bonds. The van der Waals surface area contributed by atoms with Gasteiger partial charge < -0.3 is 10.2 Å². The Morgan fingerprint density at radius 3 is 2.63 bits per heavy atom. The predicted octanol–water partition coefficient (Wildman–Crippen LogP) is 3.26. The molecule has 1 fully saturated rings. The highest BCUT2D eigenvalue weighted by molar-refractivity contribution is 7.10. The normalized spacial score (nSPS) is 16.8. The molecule has 7 nitrogen and oxygen atoms in total. The number of nitro groups is 1. The van der Waals surface area contributed by atoms with E-state index in [-0.39, 0.29) is 17.5 Å². The second kappa shape index (κ2) is 8.60. The van der Waals surface area contributed by atoms with E-state index in [1.165, 1.54) is 17.9 Å².